The van der Waals surface area contributed by atoms with E-state index < -0.39 is 0 Å². The van der Waals surface area contributed by atoms with Crippen LogP contribution in [0.4, 0.5) is 5.69 Å². The van der Waals surface area contributed by atoms with Crippen LogP contribution in [0.5, 0.6) is 0 Å². The van der Waals surface area contributed by atoms with Crippen LogP contribution >= 0.6 is 0 Å². The van der Waals surface area contributed by atoms with Gasteiger partial charge in [-0.15, -0.1) is 0 Å². The molecule has 0 bridgehead atoms. The number of aryl methyl sites for hydroxylation is 1. The van der Waals surface area contributed by atoms with E-state index in [4.69, 9.17) is 0 Å². The molecule has 0 atom stereocenters. The van der Waals surface area contributed by atoms with Gasteiger partial charge < -0.3 is 15.4 Å². The molecule has 0 aromatic heterocycles. The third-order valence-corrected chi connectivity index (χ3v) is 5.51. The van der Waals surface area contributed by atoms with Crippen molar-refractivity contribution >= 4 is 23.2 Å². The van der Waals surface area contributed by atoms with Crippen LogP contribution in [-0.4, -0.2) is 65.3 Å². The van der Waals surface area contributed by atoms with Crippen molar-refractivity contribution in [2.45, 2.75) is 12.8 Å². The number of hydrogen-bond donors (Lipinski definition) is 2. The molecular weight excluding hydrogens is 368 g/mol. The van der Waals surface area contributed by atoms with Gasteiger partial charge in [-0.05, 0) is 30.2 Å². The summed E-state index contributed by atoms with van der Waals surface area (Å²) in [6, 6.07) is 15.1. The van der Waals surface area contributed by atoms with Crippen LogP contribution in [0.25, 0.3) is 0 Å². The fourth-order valence-electron chi connectivity index (χ4n) is 3.83. The van der Waals surface area contributed by atoms with Crippen LogP contribution in [-0.2, 0) is 11.2 Å². The van der Waals surface area contributed by atoms with E-state index in [0.717, 1.165) is 29.9 Å². The Kier molecular flexibility index (Phi) is 5.57. The summed E-state index contributed by atoms with van der Waals surface area (Å²) in [6.45, 7) is 3.23. The summed E-state index contributed by atoms with van der Waals surface area (Å²) in [4.78, 5) is 28.5. The van der Waals surface area contributed by atoms with Crippen LogP contribution in [0, 0.1) is 0 Å². The predicted molar refractivity (Wildman–Crippen MR) is 111 cm³/mol. The van der Waals surface area contributed by atoms with Gasteiger partial charge in [0.15, 0.2) is 0 Å². The molecular formula is C22H24N4O3. The maximum atomic E-state index is 12.9. The predicted octanol–water partition coefficient (Wildman–Crippen LogP) is 2.21. The zero-order chi connectivity index (χ0) is 20.2. The minimum absolute atomic E-state index is 0.0171. The lowest BCUT2D eigenvalue weighted by Crippen LogP contribution is -2.50. The van der Waals surface area contributed by atoms with Gasteiger partial charge in [0, 0.05) is 56.0 Å². The van der Waals surface area contributed by atoms with E-state index in [-0.39, 0.29) is 11.8 Å². The van der Waals surface area contributed by atoms with Crippen molar-refractivity contribution in [2.75, 3.05) is 38.0 Å². The van der Waals surface area contributed by atoms with Crippen molar-refractivity contribution < 1.29 is 14.8 Å². The quantitative estimate of drug-likeness (QED) is 0.475. The Hall–Kier alpha value is -3.19. The van der Waals surface area contributed by atoms with Crippen molar-refractivity contribution in [1.29, 1.82) is 0 Å². The van der Waals surface area contributed by atoms with Gasteiger partial charge in [0.05, 0.1) is 0 Å². The van der Waals surface area contributed by atoms with E-state index >= 15 is 0 Å². The van der Waals surface area contributed by atoms with Gasteiger partial charge in [-0.1, -0.05) is 35.5 Å². The Morgan fingerprint density at radius 3 is 2.48 bits per heavy atom. The van der Waals surface area contributed by atoms with Crippen molar-refractivity contribution in [1.82, 2.24) is 9.80 Å². The molecule has 0 saturated carbocycles. The normalized spacial score (nSPS) is 17.6. The summed E-state index contributed by atoms with van der Waals surface area (Å²) in [7, 11) is 0. The molecule has 0 unspecified atom stereocenters. The Labute approximate surface area is 169 Å². The highest BCUT2D eigenvalue weighted by Gasteiger charge is 2.24. The second-order valence-corrected chi connectivity index (χ2v) is 7.40. The Bertz CT molecular complexity index is 934. The van der Waals surface area contributed by atoms with Crippen molar-refractivity contribution in [3.63, 3.8) is 0 Å². The number of carbonyl (C=O) groups is 2. The van der Waals surface area contributed by atoms with Gasteiger partial charge in [0.25, 0.3) is 5.91 Å². The first-order chi connectivity index (χ1) is 14.1. The number of fused-ring (bicyclic) bond motifs is 1. The van der Waals surface area contributed by atoms with E-state index in [0.29, 0.717) is 43.8 Å². The maximum absolute atomic E-state index is 12.9. The average molecular weight is 392 g/mol. The van der Waals surface area contributed by atoms with E-state index in [1.54, 1.807) is 6.07 Å². The van der Waals surface area contributed by atoms with Gasteiger partial charge in [0.1, 0.15) is 5.71 Å². The molecule has 2 N–H and O–H groups in total. The van der Waals surface area contributed by atoms with Gasteiger partial charge in [-0.2, -0.15) is 0 Å². The number of rotatable bonds is 4. The van der Waals surface area contributed by atoms with E-state index in [2.05, 4.69) is 15.4 Å². The van der Waals surface area contributed by atoms with Crippen molar-refractivity contribution in [2.24, 2.45) is 5.16 Å². The van der Waals surface area contributed by atoms with Crippen LogP contribution in [0.2, 0.25) is 0 Å². The number of carbonyl (C=O) groups excluding carboxylic acids is 2. The molecule has 0 radical (unpaired) electrons. The number of amides is 2. The van der Waals surface area contributed by atoms with Gasteiger partial charge in [-0.25, -0.2) is 0 Å². The molecule has 7 nitrogen and oxygen atoms in total. The molecule has 150 valence electrons. The zero-order valence-electron chi connectivity index (χ0n) is 16.2. The number of benzene rings is 2. The molecule has 2 aliphatic heterocycles. The molecule has 0 aliphatic carbocycles. The molecule has 1 saturated heterocycles. The van der Waals surface area contributed by atoms with Crippen LogP contribution in [0.1, 0.15) is 27.9 Å². The Morgan fingerprint density at radius 2 is 1.76 bits per heavy atom. The Morgan fingerprint density at radius 1 is 1.00 bits per heavy atom. The molecule has 7 heteroatoms. The molecule has 2 heterocycles. The lowest BCUT2D eigenvalue weighted by Gasteiger charge is -2.35. The summed E-state index contributed by atoms with van der Waals surface area (Å²) < 4.78 is 0. The maximum Gasteiger partial charge on any atom is 0.253 e. The molecule has 29 heavy (non-hydrogen) atoms. The summed E-state index contributed by atoms with van der Waals surface area (Å²) >= 11 is 0. The number of piperazine rings is 1. The summed E-state index contributed by atoms with van der Waals surface area (Å²) in [5.74, 6) is 0.0393. The third kappa shape index (κ3) is 4.30. The number of hydrogen-bond acceptors (Lipinski definition) is 5. The van der Waals surface area contributed by atoms with Crippen molar-refractivity contribution in [3.8, 4) is 0 Å². The molecule has 2 aromatic carbocycles. The van der Waals surface area contributed by atoms with E-state index in [1.165, 1.54) is 0 Å². The van der Waals surface area contributed by atoms with Crippen molar-refractivity contribution in [3.05, 3.63) is 65.2 Å². The van der Waals surface area contributed by atoms with Gasteiger partial charge >= 0.3 is 0 Å². The van der Waals surface area contributed by atoms with E-state index in [9.17, 15) is 14.8 Å². The SMILES string of the molecule is O=C1CCc2cc(C(=O)N3CCN(C/C(=N\O)c4ccccc4)CC3)ccc2N1. The molecule has 0 spiro atoms. The molecule has 4 rings (SSSR count). The zero-order valence-corrected chi connectivity index (χ0v) is 16.2. The smallest absolute Gasteiger partial charge is 0.253 e. The lowest BCUT2D eigenvalue weighted by atomic mass is 10.00. The number of oxime groups is 1. The first-order valence-electron chi connectivity index (χ1n) is 9.85. The Balaban J connectivity index is 1.36. The highest BCUT2D eigenvalue weighted by Crippen LogP contribution is 2.24. The van der Waals surface area contributed by atoms with Crippen LogP contribution < -0.4 is 5.32 Å². The number of nitrogens with one attached hydrogen (secondary N) is 1. The fourth-order valence-corrected chi connectivity index (χ4v) is 3.83. The first-order valence-corrected chi connectivity index (χ1v) is 9.85. The minimum atomic E-state index is 0.0171. The van der Waals surface area contributed by atoms with Gasteiger partial charge in [0.2, 0.25) is 5.91 Å². The molecule has 2 aromatic rings. The molecule has 2 aliphatic rings. The monoisotopic (exact) mass is 392 g/mol. The highest BCUT2D eigenvalue weighted by atomic mass is 16.4. The third-order valence-electron chi connectivity index (χ3n) is 5.51. The second kappa shape index (κ2) is 8.45. The molecule has 2 amide bonds. The second-order valence-electron chi connectivity index (χ2n) is 7.40. The van der Waals surface area contributed by atoms with Crippen LogP contribution in [0.3, 0.4) is 0 Å². The summed E-state index contributed by atoms with van der Waals surface area (Å²) in [5, 5.41) is 15.7. The lowest BCUT2D eigenvalue weighted by molar-refractivity contribution is -0.116. The number of anilines is 1. The standard InChI is InChI=1S/C22H24N4O3/c27-21-9-7-17-14-18(6-8-19(17)23-21)22(28)26-12-10-25(11-13-26)15-20(24-29)16-4-2-1-3-5-16/h1-6,8,14,29H,7,9-13,15H2,(H,23,27)/b24-20+. The van der Waals surface area contributed by atoms with E-state index in [1.807, 2.05) is 47.4 Å². The number of nitrogens with zero attached hydrogens (tertiary/aromatic N) is 3. The summed E-state index contributed by atoms with van der Waals surface area (Å²) in [6.07, 6.45) is 1.12. The summed E-state index contributed by atoms with van der Waals surface area (Å²) in [5.41, 5.74) is 4.01. The average Bonchev–Trinajstić information content (AvgIpc) is 2.77. The molecule has 1 fully saturated rings. The fraction of sp³-hybridized carbons (Fsp3) is 0.318. The van der Waals surface area contributed by atoms with Gasteiger partial charge in [-0.3, -0.25) is 14.5 Å². The highest BCUT2D eigenvalue weighted by molar-refractivity contribution is 6.01. The first kappa shape index (κ1) is 19.1. The van der Waals surface area contributed by atoms with Crippen LogP contribution in [0.15, 0.2) is 53.7 Å². The topological polar surface area (TPSA) is 85.2 Å². The minimum Gasteiger partial charge on any atom is -0.411 e. The largest absolute Gasteiger partial charge is 0.411 e.